The molecule has 0 aliphatic carbocycles. The Morgan fingerprint density at radius 1 is 0.565 bits per heavy atom. The van der Waals surface area contributed by atoms with E-state index in [0.29, 0.717) is 19.8 Å². The Labute approximate surface area is 147 Å². The van der Waals surface area contributed by atoms with Gasteiger partial charge in [0.2, 0.25) is 0 Å². The smallest absolute Gasteiger partial charge is 0.374 e. The predicted octanol–water partition coefficient (Wildman–Crippen LogP) is 6.10. The van der Waals surface area contributed by atoms with Crippen LogP contribution < -0.4 is 0 Å². The molecule has 0 aromatic carbocycles. The molecule has 0 aromatic rings. The van der Waals surface area contributed by atoms with Crippen LogP contribution in [0.15, 0.2) is 0 Å². The molecule has 0 heterocycles. The maximum atomic E-state index is 6.08. The van der Waals surface area contributed by atoms with Gasteiger partial charge in [0, 0.05) is 25.9 Å². The van der Waals surface area contributed by atoms with Crippen molar-refractivity contribution >= 4 is 16.9 Å². The van der Waals surface area contributed by atoms with Crippen LogP contribution in [-0.4, -0.2) is 36.7 Å². The maximum Gasteiger partial charge on any atom is 0.500 e. The van der Waals surface area contributed by atoms with Crippen LogP contribution in [0.2, 0.25) is 30.2 Å². The third-order valence-electron chi connectivity index (χ3n) is 4.93. The summed E-state index contributed by atoms with van der Waals surface area (Å²) in [4.78, 5) is 0. The highest BCUT2D eigenvalue weighted by molar-refractivity contribution is 6.81. The molecular formula is C18H42O3Si2. The van der Waals surface area contributed by atoms with Crippen LogP contribution in [0.3, 0.4) is 0 Å². The van der Waals surface area contributed by atoms with Crippen molar-refractivity contribution < 1.29 is 13.3 Å². The lowest BCUT2D eigenvalue weighted by Crippen LogP contribution is -2.48. The van der Waals surface area contributed by atoms with Gasteiger partial charge in [-0.15, -0.1) is 0 Å². The van der Waals surface area contributed by atoms with E-state index in [-0.39, 0.29) is 0 Å². The molecule has 0 aliphatic rings. The van der Waals surface area contributed by atoms with Crippen LogP contribution in [0.25, 0.3) is 0 Å². The van der Waals surface area contributed by atoms with Crippen molar-refractivity contribution in [2.45, 2.75) is 97.4 Å². The Bertz CT molecular complexity index is 250. The van der Waals surface area contributed by atoms with Crippen molar-refractivity contribution in [3.63, 3.8) is 0 Å². The highest BCUT2D eigenvalue weighted by Gasteiger charge is 2.43. The van der Waals surface area contributed by atoms with E-state index in [1.165, 1.54) is 49.9 Å². The Morgan fingerprint density at radius 2 is 1.00 bits per heavy atom. The summed E-state index contributed by atoms with van der Waals surface area (Å²) in [6, 6.07) is 6.66. The average Bonchev–Trinajstić information content (AvgIpc) is 2.55. The first-order valence-electron chi connectivity index (χ1n) is 9.99. The molecular weight excluding hydrogens is 320 g/mol. The molecule has 0 saturated carbocycles. The molecule has 0 atom stereocenters. The van der Waals surface area contributed by atoms with E-state index in [0.717, 1.165) is 6.04 Å². The van der Waals surface area contributed by atoms with Crippen LogP contribution in [-0.2, 0) is 13.3 Å². The van der Waals surface area contributed by atoms with Gasteiger partial charge in [0.05, 0.1) is 8.07 Å². The summed E-state index contributed by atoms with van der Waals surface area (Å²) in [5.41, 5.74) is 0. The first-order chi connectivity index (χ1) is 11.1. The Morgan fingerprint density at radius 3 is 1.30 bits per heavy atom. The normalized spacial score (nSPS) is 12.8. The van der Waals surface area contributed by atoms with Gasteiger partial charge in [0.25, 0.3) is 0 Å². The van der Waals surface area contributed by atoms with Crippen molar-refractivity contribution in [1.82, 2.24) is 0 Å². The zero-order valence-corrected chi connectivity index (χ0v) is 18.7. The summed E-state index contributed by atoms with van der Waals surface area (Å²) in [6.07, 6.45) is 5.39. The quantitative estimate of drug-likeness (QED) is 0.310. The molecule has 0 rings (SSSR count). The fourth-order valence-electron chi connectivity index (χ4n) is 3.43. The molecule has 140 valence electrons. The summed E-state index contributed by atoms with van der Waals surface area (Å²) in [5.74, 6) is 0. The molecule has 0 radical (unpaired) electrons. The van der Waals surface area contributed by atoms with E-state index in [9.17, 15) is 0 Å². The molecule has 0 saturated heterocycles. The lowest BCUT2D eigenvalue weighted by atomic mass is 10.4. The van der Waals surface area contributed by atoms with Gasteiger partial charge in [-0.3, -0.25) is 0 Å². The van der Waals surface area contributed by atoms with Gasteiger partial charge in [-0.05, 0) is 20.8 Å². The lowest BCUT2D eigenvalue weighted by Gasteiger charge is -2.35. The molecule has 5 heteroatoms. The second-order valence-electron chi connectivity index (χ2n) is 6.54. The predicted molar refractivity (Wildman–Crippen MR) is 106 cm³/mol. The van der Waals surface area contributed by atoms with Gasteiger partial charge in [-0.2, -0.15) is 0 Å². The van der Waals surface area contributed by atoms with Crippen LogP contribution in [0, 0.1) is 0 Å². The number of hydrogen-bond acceptors (Lipinski definition) is 3. The molecule has 0 unspecified atom stereocenters. The Hall–Kier alpha value is 0.314. The fourth-order valence-corrected chi connectivity index (χ4v) is 12.8. The first-order valence-corrected chi connectivity index (χ1v) is 14.7. The lowest BCUT2D eigenvalue weighted by molar-refractivity contribution is 0.0724. The highest BCUT2D eigenvalue weighted by atomic mass is 28.4. The van der Waals surface area contributed by atoms with Crippen LogP contribution in [0.4, 0.5) is 0 Å². The molecule has 0 bridgehead atoms. The second-order valence-corrected chi connectivity index (χ2v) is 14.5. The fraction of sp³-hybridized carbons (Fsp3) is 1.00. The number of hydrogen-bond donors (Lipinski definition) is 0. The molecule has 0 aliphatic heterocycles. The third kappa shape index (κ3) is 8.82. The van der Waals surface area contributed by atoms with Crippen molar-refractivity contribution in [3.05, 3.63) is 0 Å². The van der Waals surface area contributed by atoms with Crippen LogP contribution in [0.1, 0.15) is 67.2 Å². The van der Waals surface area contributed by atoms with Crippen molar-refractivity contribution in [1.29, 1.82) is 0 Å². The summed E-state index contributed by atoms with van der Waals surface area (Å²) < 4.78 is 18.2. The minimum absolute atomic E-state index is 0.691. The van der Waals surface area contributed by atoms with Gasteiger partial charge in [-0.1, -0.05) is 70.6 Å². The number of rotatable bonds is 16. The third-order valence-corrected chi connectivity index (χ3v) is 14.1. The maximum absolute atomic E-state index is 6.08. The molecule has 3 nitrogen and oxygen atoms in total. The van der Waals surface area contributed by atoms with Crippen molar-refractivity contribution in [3.8, 4) is 0 Å². The number of unbranched alkanes of at least 4 members (excludes halogenated alkanes) is 2. The van der Waals surface area contributed by atoms with E-state index in [1.807, 2.05) is 0 Å². The zero-order valence-electron chi connectivity index (χ0n) is 16.7. The molecule has 0 amide bonds. The zero-order chi connectivity index (χ0) is 17.6. The monoisotopic (exact) mass is 362 g/mol. The molecule has 0 N–H and O–H groups in total. The van der Waals surface area contributed by atoms with E-state index in [1.54, 1.807) is 0 Å². The Balaban J connectivity index is 5.02. The largest absolute Gasteiger partial charge is 0.500 e. The SMILES string of the molecule is CCCC[Si](CC)(CCCC)CC[Si](OCC)(OCC)OCC. The van der Waals surface area contributed by atoms with Gasteiger partial charge in [0.15, 0.2) is 0 Å². The molecule has 0 aromatic heterocycles. The summed E-state index contributed by atoms with van der Waals surface area (Å²) in [5, 5.41) is 0. The van der Waals surface area contributed by atoms with E-state index >= 15 is 0 Å². The van der Waals surface area contributed by atoms with E-state index in [4.69, 9.17) is 13.3 Å². The van der Waals surface area contributed by atoms with E-state index in [2.05, 4.69) is 41.5 Å². The van der Waals surface area contributed by atoms with Gasteiger partial charge in [-0.25, -0.2) is 0 Å². The minimum atomic E-state index is -2.47. The first kappa shape index (κ1) is 23.3. The summed E-state index contributed by atoms with van der Waals surface area (Å²) in [6.45, 7) is 15.3. The standard InChI is InChI=1S/C18H42O3Si2/c1-7-13-15-22(12-6,16-14-8-2)17-18-23(19-9-3,20-10-4)21-11-5/h7-18H2,1-6H3. The van der Waals surface area contributed by atoms with Crippen molar-refractivity contribution in [2.24, 2.45) is 0 Å². The van der Waals surface area contributed by atoms with Crippen molar-refractivity contribution in [2.75, 3.05) is 19.8 Å². The van der Waals surface area contributed by atoms with Crippen LogP contribution in [0.5, 0.6) is 0 Å². The highest BCUT2D eigenvalue weighted by Crippen LogP contribution is 2.34. The van der Waals surface area contributed by atoms with Gasteiger partial charge >= 0.3 is 8.80 Å². The summed E-state index contributed by atoms with van der Waals surface area (Å²) in [7, 11) is -3.68. The second kappa shape index (κ2) is 13.6. The van der Waals surface area contributed by atoms with Crippen LogP contribution >= 0.6 is 0 Å². The summed E-state index contributed by atoms with van der Waals surface area (Å²) >= 11 is 0. The minimum Gasteiger partial charge on any atom is -0.374 e. The average molecular weight is 363 g/mol. The van der Waals surface area contributed by atoms with Gasteiger partial charge < -0.3 is 13.3 Å². The molecule has 0 fully saturated rings. The van der Waals surface area contributed by atoms with E-state index < -0.39 is 16.9 Å². The molecule has 23 heavy (non-hydrogen) atoms. The van der Waals surface area contributed by atoms with Gasteiger partial charge in [0.1, 0.15) is 0 Å². The topological polar surface area (TPSA) is 27.7 Å². The Kier molecular flexibility index (Phi) is 13.8. The molecule has 0 spiro atoms.